The van der Waals surface area contributed by atoms with Crippen LogP contribution in [0.4, 0.5) is 11.4 Å². The number of nitrogens with one attached hydrogen (secondary N) is 4. The molecule has 0 aromatic heterocycles. The number of dihydropyridines is 1. The largest absolute Gasteiger partial charge is 0.387 e. The lowest BCUT2D eigenvalue weighted by Gasteiger charge is -2.47. The molecule has 1 aliphatic carbocycles. The Labute approximate surface area is 328 Å². The van der Waals surface area contributed by atoms with E-state index in [0.29, 0.717) is 0 Å². The van der Waals surface area contributed by atoms with E-state index >= 15 is 0 Å². The number of nitrogens with zero attached hydrogens (tertiary/aromatic N) is 1. The van der Waals surface area contributed by atoms with Gasteiger partial charge in [0.1, 0.15) is 0 Å². The molecule has 11 rings (SSSR count). The van der Waals surface area contributed by atoms with Crippen LogP contribution in [0, 0.1) is 0 Å². The van der Waals surface area contributed by atoms with Crippen molar-refractivity contribution in [1.82, 2.24) is 21.3 Å². The fourth-order valence-electron chi connectivity index (χ4n) is 9.64. The van der Waals surface area contributed by atoms with Gasteiger partial charge in [-0.1, -0.05) is 152 Å². The molecule has 56 heavy (non-hydrogen) atoms. The molecule has 1 saturated heterocycles. The lowest BCUT2D eigenvalue weighted by molar-refractivity contribution is 0.203. The van der Waals surface area contributed by atoms with Crippen LogP contribution >= 0.6 is 0 Å². The summed E-state index contributed by atoms with van der Waals surface area (Å²) in [6, 6.07) is 66.4. The molecule has 7 aromatic carbocycles. The van der Waals surface area contributed by atoms with E-state index in [-0.39, 0.29) is 18.5 Å². The molecular weight excluding hydrogens is 683 g/mol. The Hall–Kier alpha value is -6.50. The highest BCUT2D eigenvalue weighted by atomic mass is 15.4. The van der Waals surface area contributed by atoms with Crippen LogP contribution in [-0.2, 0) is 5.41 Å². The number of hydrogen-bond acceptors (Lipinski definition) is 5. The van der Waals surface area contributed by atoms with Crippen molar-refractivity contribution >= 4 is 11.4 Å². The third-order valence-corrected chi connectivity index (χ3v) is 12.1. The first-order chi connectivity index (χ1) is 27.8. The normalized spacial score (nSPS) is 21.9. The van der Waals surface area contributed by atoms with Crippen LogP contribution in [0.15, 0.2) is 206 Å². The first-order valence-corrected chi connectivity index (χ1v) is 19.6. The molecule has 3 atom stereocenters. The zero-order chi connectivity index (χ0) is 37.1. The van der Waals surface area contributed by atoms with Crippen molar-refractivity contribution in [2.24, 2.45) is 0 Å². The maximum absolute atomic E-state index is 3.88. The lowest BCUT2D eigenvalue weighted by Crippen LogP contribution is -2.54. The van der Waals surface area contributed by atoms with Crippen LogP contribution in [-0.4, -0.2) is 6.54 Å². The minimum Gasteiger partial charge on any atom is -0.387 e. The minimum absolute atomic E-state index is 0.0305. The summed E-state index contributed by atoms with van der Waals surface area (Å²) in [6.45, 7) is 0.745. The maximum Gasteiger partial charge on any atom is 0.0864 e. The Kier molecular flexibility index (Phi) is 7.85. The molecule has 7 aromatic rings. The van der Waals surface area contributed by atoms with Gasteiger partial charge in [0.05, 0.1) is 35.3 Å². The molecule has 1 fully saturated rings. The van der Waals surface area contributed by atoms with Gasteiger partial charge in [0, 0.05) is 12.2 Å². The van der Waals surface area contributed by atoms with E-state index in [4.69, 9.17) is 0 Å². The van der Waals surface area contributed by atoms with E-state index in [0.717, 1.165) is 12.2 Å². The Morgan fingerprint density at radius 1 is 0.464 bits per heavy atom. The van der Waals surface area contributed by atoms with Crippen molar-refractivity contribution in [2.45, 2.75) is 23.9 Å². The number of para-hydroxylation sites is 2. The number of anilines is 2. The van der Waals surface area contributed by atoms with Crippen LogP contribution in [0.1, 0.15) is 51.9 Å². The molecule has 4 N–H and O–H groups in total. The van der Waals surface area contributed by atoms with E-state index in [1.165, 1.54) is 72.6 Å². The molecule has 0 saturated carbocycles. The van der Waals surface area contributed by atoms with Gasteiger partial charge in [-0.05, 0) is 104 Å². The molecule has 270 valence electrons. The van der Waals surface area contributed by atoms with Gasteiger partial charge in [0.15, 0.2) is 0 Å². The summed E-state index contributed by atoms with van der Waals surface area (Å²) in [5.74, 6) is 0. The quantitative estimate of drug-likeness (QED) is 0.143. The second-order valence-electron chi connectivity index (χ2n) is 15.1. The Balaban J connectivity index is 1.06. The lowest BCUT2D eigenvalue weighted by atomic mass is 9.63. The summed E-state index contributed by atoms with van der Waals surface area (Å²) in [5, 5.41) is 15.2. The summed E-state index contributed by atoms with van der Waals surface area (Å²) in [7, 11) is 0. The van der Waals surface area contributed by atoms with Crippen molar-refractivity contribution in [2.75, 3.05) is 11.4 Å². The SMILES string of the molecule is C1=CC2=C(CN1)C1(c3ccccc3-c3ccc(-c4cccc(C5NC(c6ccccc6)NC(c6ccccc6)N5)c4)cc31)c1ccccc1N2c1ccccc1. The Morgan fingerprint density at radius 3 is 1.77 bits per heavy atom. The monoisotopic (exact) mass is 723 g/mol. The number of rotatable bonds is 5. The summed E-state index contributed by atoms with van der Waals surface area (Å²) in [5.41, 5.74) is 17.1. The van der Waals surface area contributed by atoms with Gasteiger partial charge >= 0.3 is 0 Å². The molecule has 3 aliphatic heterocycles. The van der Waals surface area contributed by atoms with Crippen LogP contribution in [0.2, 0.25) is 0 Å². The predicted molar refractivity (Wildman–Crippen MR) is 227 cm³/mol. The maximum atomic E-state index is 3.88. The van der Waals surface area contributed by atoms with Gasteiger partial charge in [-0.3, -0.25) is 16.0 Å². The standard InChI is InChI=1S/C51H41N5/c1-4-15-34(16-5-1)48-53-49(35-17-6-2-7-18-35)55-50(54-48)38-20-14-19-36(31-38)37-27-28-41-40-23-10-11-24-42(40)51(44(41)32-37)43-25-12-13-26-46(43)56(39-21-8-3-9-22-39)47-29-30-52-33-45(47)51/h1-32,48-50,52-55H,33H2. The molecule has 0 bridgehead atoms. The van der Waals surface area contributed by atoms with E-state index < -0.39 is 5.41 Å². The van der Waals surface area contributed by atoms with Crippen molar-refractivity contribution < 1.29 is 0 Å². The van der Waals surface area contributed by atoms with Gasteiger partial charge in [0.2, 0.25) is 0 Å². The minimum atomic E-state index is -0.474. The third-order valence-electron chi connectivity index (χ3n) is 12.1. The van der Waals surface area contributed by atoms with Crippen molar-refractivity contribution in [3.05, 3.63) is 239 Å². The molecule has 5 heteroatoms. The summed E-state index contributed by atoms with van der Waals surface area (Å²) >= 11 is 0. The van der Waals surface area contributed by atoms with Gasteiger partial charge in [-0.2, -0.15) is 0 Å². The number of fused-ring (bicyclic) bond motifs is 8. The highest BCUT2D eigenvalue weighted by Gasteiger charge is 2.52. The summed E-state index contributed by atoms with van der Waals surface area (Å²) < 4.78 is 0. The molecule has 3 heterocycles. The second-order valence-corrected chi connectivity index (χ2v) is 15.1. The van der Waals surface area contributed by atoms with Crippen molar-refractivity contribution in [3.63, 3.8) is 0 Å². The number of allylic oxidation sites excluding steroid dienone is 1. The van der Waals surface area contributed by atoms with Gasteiger partial charge in [-0.25, -0.2) is 0 Å². The van der Waals surface area contributed by atoms with E-state index in [2.05, 4.69) is 220 Å². The Bertz CT molecular complexity index is 2600. The average molecular weight is 724 g/mol. The zero-order valence-electron chi connectivity index (χ0n) is 30.9. The molecular formula is C51H41N5. The third kappa shape index (κ3) is 5.13. The predicted octanol–water partition coefficient (Wildman–Crippen LogP) is 10.4. The molecule has 3 unspecified atom stereocenters. The fourth-order valence-corrected chi connectivity index (χ4v) is 9.64. The van der Waals surface area contributed by atoms with Gasteiger partial charge < -0.3 is 10.2 Å². The molecule has 1 spiro atoms. The summed E-state index contributed by atoms with van der Waals surface area (Å²) in [4.78, 5) is 2.45. The van der Waals surface area contributed by atoms with Crippen LogP contribution in [0.5, 0.6) is 0 Å². The molecule has 4 aliphatic rings. The van der Waals surface area contributed by atoms with E-state index in [1.807, 2.05) is 0 Å². The smallest absolute Gasteiger partial charge is 0.0864 e. The first-order valence-electron chi connectivity index (χ1n) is 19.6. The number of hydrogen-bond donors (Lipinski definition) is 4. The van der Waals surface area contributed by atoms with Gasteiger partial charge in [-0.15, -0.1) is 0 Å². The molecule has 0 amide bonds. The highest BCUT2D eigenvalue weighted by molar-refractivity contribution is 5.93. The molecule has 0 radical (unpaired) electrons. The van der Waals surface area contributed by atoms with Crippen molar-refractivity contribution in [3.8, 4) is 22.3 Å². The summed E-state index contributed by atoms with van der Waals surface area (Å²) in [6.07, 6.45) is 4.23. The van der Waals surface area contributed by atoms with Crippen LogP contribution in [0.3, 0.4) is 0 Å². The Morgan fingerprint density at radius 2 is 1.04 bits per heavy atom. The van der Waals surface area contributed by atoms with E-state index in [1.54, 1.807) is 0 Å². The number of benzene rings is 7. The zero-order valence-corrected chi connectivity index (χ0v) is 30.9. The second kappa shape index (κ2) is 13.4. The van der Waals surface area contributed by atoms with E-state index in [9.17, 15) is 0 Å². The topological polar surface area (TPSA) is 51.4 Å². The van der Waals surface area contributed by atoms with Gasteiger partial charge in [0.25, 0.3) is 0 Å². The highest BCUT2D eigenvalue weighted by Crippen LogP contribution is 2.62. The van der Waals surface area contributed by atoms with Crippen LogP contribution < -0.4 is 26.2 Å². The van der Waals surface area contributed by atoms with Crippen LogP contribution in [0.25, 0.3) is 22.3 Å². The average Bonchev–Trinajstić information content (AvgIpc) is 3.57. The molecule has 5 nitrogen and oxygen atoms in total. The first kappa shape index (κ1) is 32.9. The fraction of sp³-hybridized carbons (Fsp3) is 0.0980. The van der Waals surface area contributed by atoms with Crippen molar-refractivity contribution in [1.29, 1.82) is 0 Å².